The molecule has 3 amide bonds. The molecule has 2 N–H and O–H groups in total. The fraction of sp³-hybridized carbons (Fsp3) is 0.485. The van der Waals surface area contributed by atoms with Gasteiger partial charge in [0.1, 0.15) is 0 Å². The number of hydrogen-bond donors (Lipinski definition) is 2. The summed E-state index contributed by atoms with van der Waals surface area (Å²) < 4.78 is 11.0. The summed E-state index contributed by atoms with van der Waals surface area (Å²) >= 11 is 0. The van der Waals surface area contributed by atoms with Gasteiger partial charge >= 0.3 is 6.03 Å². The van der Waals surface area contributed by atoms with Gasteiger partial charge in [-0.05, 0) is 62.6 Å². The molecule has 2 aromatic carbocycles. The van der Waals surface area contributed by atoms with E-state index < -0.39 is 0 Å². The van der Waals surface area contributed by atoms with Crippen LogP contribution in [0.4, 0.5) is 28.1 Å². The Morgan fingerprint density at radius 3 is 1.72 bits per heavy atom. The molecule has 0 radical (unpaired) electrons. The van der Waals surface area contributed by atoms with Crippen LogP contribution in [-0.4, -0.2) is 148 Å². The van der Waals surface area contributed by atoms with Crippen molar-refractivity contribution in [2.45, 2.75) is 0 Å². The number of aromatic nitrogens is 3. The second-order valence-electron chi connectivity index (χ2n) is 12.1. The number of nitrogens with one attached hydrogen (secondary N) is 2. The zero-order valence-corrected chi connectivity index (χ0v) is 27.2. The molecule has 3 saturated heterocycles. The number of piperazine rings is 1. The van der Waals surface area contributed by atoms with Crippen molar-refractivity contribution in [2.24, 2.45) is 0 Å². The van der Waals surface area contributed by atoms with Gasteiger partial charge in [0.2, 0.25) is 11.9 Å². The molecule has 0 spiro atoms. The molecule has 0 saturated carbocycles. The normalized spacial score (nSPS) is 17.6. The molecule has 6 rings (SSSR count). The number of hydrogen-bond acceptors (Lipinski definition) is 11. The van der Waals surface area contributed by atoms with Crippen LogP contribution in [0.5, 0.6) is 0 Å². The van der Waals surface area contributed by atoms with E-state index in [1.165, 1.54) is 0 Å². The highest BCUT2D eigenvalue weighted by molar-refractivity contribution is 6.00. The van der Waals surface area contributed by atoms with Crippen molar-refractivity contribution in [3.8, 4) is 11.4 Å². The van der Waals surface area contributed by atoms with Crippen LogP contribution >= 0.6 is 0 Å². The molecule has 3 aliphatic heterocycles. The van der Waals surface area contributed by atoms with Gasteiger partial charge in [-0.1, -0.05) is 0 Å². The molecule has 47 heavy (non-hydrogen) atoms. The van der Waals surface area contributed by atoms with E-state index in [-0.39, 0.29) is 11.9 Å². The average Bonchev–Trinajstić information content (AvgIpc) is 3.12. The van der Waals surface area contributed by atoms with E-state index in [0.717, 1.165) is 57.9 Å². The smallest absolute Gasteiger partial charge is 0.323 e. The van der Waals surface area contributed by atoms with Crippen molar-refractivity contribution < 1.29 is 19.1 Å². The van der Waals surface area contributed by atoms with Crippen molar-refractivity contribution in [1.29, 1.82) is 0 Å². The largest absolute Gasteiger partial charge is 0.378 e. The molecule has 14 nitrogen and oxygen atoms in total. The van der Waals surface area contributed by atoms with Gasteiger partial charge in [-0.25, -0.2) is 4.79 Å². The zero-order chi connectivity index (χ0) is 32.6. The number of anilines is 4. The lowest BCUT2D eigenvalue weighted by atomic mass is 10.1. The Morgan fingerprint density at radius 1 is 0.702 bits per heavy atom. The van der Waals surface area contributed by atoms with Crippen LogP contribution in [0.2, 0.25) is 0 Å². The number of morpholine rings is 2. The Kier molecular flexibility index (Phi) is 10.7. The van der Waals surface area contributed by atoms with Crippen LogP contribution in [0.1, 0.15) is 10.4 Å². The maximum atomic E-state index is 13.0. The number of ether oxygens (including phenoxy) is 2. The number of urea groups is 1. The zero-order valence-electron chi connectivity index (χ0n) is 27.2. The maximum Gasteiger partial charge on any atom is 0.323 e. The second kappa shape index (κ2) is 15.5. The fourth-order valence-electron chi connectivity index (χ4n) is 5.68. The van der Waals surface area contributed by atoms with Gasteiger partial charge < -0.3 is 39.7 Å². The highest BCUT2D eigenvalue weighted by Gasteiger charge is 2.23. The third kappa shape index (κ3) is 8.71. The van der Waals surface area contributed by atoms with Crippen LogP contribution in [0.25, 0.3) is 11.4 Å². The number of nitrogens with zero attached hydrogens (tertiary/aromatic N) is 8. The molecule has 1 aromatic heterocycles. The van der Waals surface area contributed by atoms with E-state index in [0.29, 0.717) is 74.2 Å². The highest BCUT2D eigenvalue weighted by atomic mass is 16.5. The summed E-state index contributed by atoms with van der Waals surface area (Å²) in [5, 5.41) is 5.72. The standard InChI is InChI=1S/C33H44N10O4/c1-39(2)11-12-40-13-15-41(16-14-40)30(44)26-5-9-28(10-6-26)35-33(45)34-27-7-3-25(4-8-27)29-36-31(42-17-21-46-22-18-42)38-32(37-29)43-19-23-47-24-20-43/h3-10H,11-24H2,1-2H3,(H2,34,35,45). The predicted octanol–water partition coefficient (Wildman–Crippen LogP) is 2.18. The van der Waals surface area contributed by atoms with Gasteiger partial charge in [-0.2, -0.15) is 15.0 Å². The first kappa shape index (κ1) is 32.6. The van der Waals surface area contributed by atoms with Gasteiger partial charge in [0.05, 0.1) is 26.4 Å². The molecule has 4 heterocycles. The van der Waals surface area contributed by atoms with Crippen LogP contribution in [0.15, 0.2) is 48.5 Å². The summed E-state index contributed by atoms with van der Waals surface area (Å²) in [6.07, 6.45) is 0. The van der Waals surface area contributed by atoms with Crippen LogP contribution < -0.4 is 20.4 Å². The quantitative estimate of drug-likeness (QED) is 0.355. The number of carbonyl (C=O) groups excluding carboxylic acids is 2. The van der Waals surface area contributed by atoms with Crippen molar-refractivity contribution >= 4 is 35.2 Å². The van der Waals surface area contributed by atoms with E-state index in [4.69, 9.17) is 24.4 Å². The molecular weight excluding hydrogens is 600 g/mol. The summed E-state index contributed by atoms with van der Waals surface area (Å²) in [7, 11) is 4.14. The molecule has 250 valence electrons. The van der Waals surface area contributed by atoms with Crippen molar-refractivity contribution in [1.82, 2.24) is 29.7 Å². The number of rotatable bonds is 9. The Bertz CT molecular complexity index is 1450. The van der Waals surface area contributed by atoms with Crippen LogP contribution in [-0.2, 0) is 9.47 Å². The highest BCUT2D eigenvalue weighted by Crippen LogP contribution is 2.24. The third-order valence-electron chi connectivity index (χ3n) is 8.51. The van der Waals surface area contributed by atoms with Gasteiger partial charge in [0.15, 0.2) is 5.82 Å². The Hall–Kier alpha value is -4.37. The molecular formula is C33H44N10O4. The topological polar surface area (TPSA) is 132 Å². The summed E-state index contributed by atoms with van der Waals surface area (Å²) in [6.45, 7) is 10.6. The number of likely N-dealkylation sites (N-methyl/N-ethyl adjacent to an activating group) is 1. The lowest BCUT2D eigenvalue weighted by Crippen LogP contribution is -2.49. The van der Waals surface area contributed by atoms with Gasteiger partial charge in [-0.15, -0.1) is 0 Å². The Labute approximate surface area is 275 Å². The summed E-state index contributed by atoms with van der Waals surface area (Å²) in [6, 6.07) is 14.1. The fourth-order valence-corrected chi connectivity index (χ4v) is 5.68. The van der Waals surface area contributed by atoms with E-state index in [9.17, 15) is 9.59 Å². The predicted molar refractivity (Wildman–Crippen MR) is 181 cm³/mol. The van der Waals surface area contributed by atoms with Gasteiger partial charge in [0.25, 0.3) is 5.91 Å². The van der Waals surface area contributed by atoms with Gasteiger partial charge in [0, 0.05) is 87.9 Å². The molecule has 0 atom stereocenters. The van der Waals surface area contributed by atoms with Crippen molar-refractivity contribution in [3.05, 3.63) is 54.1 Å². The molecule has 3 fully saturated rings. The monoisotopic (exact) mass is 644 g/mol. The lowest BCUT2D eigenvalue weighted by molar-refractivity contribution is 0.0629. The first-order valence-electron chi connectivity index (χ1n) is 16.3. The van der Waals surface area contributed by atoms with E-state index in [1.807, 2.05) is 29.2 Å². The minimum Gasteiger partial charge on any atom is -0.378 e. The first-order valence-corrected chi connectivity index (χ1v) is 16.3. The number of benzene rings is 2. The van der Waals surface area contributed by atoms with Crippen LogP contribution in [0.3, 0.4) is 0 Å². The van der Waals surface area contributed by atoms with Crippen molar-refractivity contribution in [2.75, 3.05) is 126 Å². The average molecular weight is 645 g/mol. The molecule has 3 aliphatic rings. The second-order valence-corrected chi connectivity index (χ2v) is 12.1. The van der Waals surface area contributed by atoms with Crippen LogP contribution in [0, 0.1) is 0 Å². The molecule has 0 unspecified atom stereocenters. The van der Waals surface area contributed by atoms with Gasteiger partial charge in [-0.3, -0.25) is 9.69 Å². The summed E-state index contributed by atoms with van der Waals surface area (Å²) in [4.78, 5) is 50.9. The first-order chi connectivity index (χ1) is 22.9. The molecule has 14 heteroatoms. The maximum absolute atomic E-state index is 13.0. The number of amides is 3. The number of carbonyl (C=O) groups is 2. The minimum absolute atomic E-state index is 0.0145. The molecule has 0 bridgehead atoms. The molecule has 3 aromatic rings. The van der Waals surface area contributed by atoms with Crippen molar-refractivity contribution in [3.63, 3.8) is 0 Å². The molecule has 0 aliphatic carbocycles. The summed E-state index contributed by atoms with van der Waals surface area (Å²) in [5.74, 6) is 1.85. The third-order valence-corrected chi connectivity index (χ3v) is 8.51. The minimum atomic E-state index is -0.380. The summed E-state index contributed by atoms with van der Waals surface area (Å²) in [5.41, 5.74) is 2.65. The Morgan fingerprint density at radius 2 is 1.21 bits per heavy atom. The van der Waals surface area contributed by atoms with E-state index in [1.54, 1.807) is 24.3 Å². The lowest BCUT2D eigenvalue weighted by Gasteiger charge is -2.35. The Balaban J connectivity index is 1.04. The van der Waals surface area contributed by atoms with E-state index in [2.05, 4.69) is 44.3 Å². The SMILES string of the molecule is CN(C)CCN1CCN(C(=O)c2ccc(NC(=O)Nc3ccc(-c4nc(N5CCOCC5)nc(N5CCOCC5)n4)cc3)cc2)CC1. The van der Waals surface area contributed by atoms with E-state index >= 15 is 0 Å².